The molecule has 2 aromatic heterocycles. The van der Waals surface area contributed by atoms with Gasteiger partial charge in [0.1, 0.15) is 0 Å². The second-order valence-corrected chi connectivity index (χ2v) is 7.32. The highest BCUT2D eigenvalue weighted by Crippen LogP contribution is 2.43. The van der Waals surface area contributed by atoms with Gasteiger partial charge < -0.3 is 16.0 Å². The first-order valence-corrected chi connectivity index (χ1v) is 8.76. The van der Waals surface area contributed by atoms with Crippen LogP contribution in [0, 0.1) is 0 Å². The lowest BCUT2D eigenvalue weighted by Gasteiger charge is -2.22. The van der Waals surface area contributed by atoms with Gasteiger partial charge in [-0.05, 0) is 24.9 Å². The lowest BCUT2D eigenvalue weighted by Crippen LogP contribution is -2.29. The van der Waals surface area contributed by atoms with Crippen LogP contribution in [0.3, 0.4) is 0 Å². The molecule has 0 radical (unpaired) electrons. The second kappa shape index (κ2) is 5.52. The van der Waals surface area contributed by atoms with Crippen molar-refractivity contribution in [1.82, 2.24) is 15.3 Å². The SMILES string of the molecule is Nc1nc(N2CCCNCC2)c2sc3c(c2n1)CC(F)(F)CC3. The molecule has 23 heavy (non-hydrogen) atoms. The van der Waals surface area contributed by atoms with Crippen LogP contribution in [-0.4, -0.2) is 42.1 Å². The Morgan fingerprint density at radius 2 is 2.09 bits per heavy atom. The molecule has 0 bridgehead atoms. The van der Waals surface area contributed by atoms with Gasteiger partial charge in [-0.2, -0.15) is 4.98 Å². The number of nitrogens with zero attached hydrogens (tertiary/aromatic N) is 3. The van der Waals surface area contributed by atoms with E-state index in [1.54, 1.807) is 11.3 Å². The van der Waals surface area contributed by atoms with Gasteiger partial charge in [0.15, 0.2) is 5.82 Å². The first-order chi connectivity index (χ1) is 11.0. The average Bonchev–Trinajstić information content (AvgIpc) is 2.70. The molecule has 8 heteroatoms. The molecule has 2 aromatic rings. The maximum absolute atomic E-state index is 13.8. The summed E-state index contributed by atoms with van der Waals surface area (Å²) < 4.78 is 28.5. The Balaban J connectivity index is 1.84. The smallest absolute Gasteiger partial charge is 0.252 e. The molecular weight excluding hydrogens is 320 g/mol. The Bertz CT molecular complexity index is 737. The average molecular weight is 339 g/mol. The molecule has 3 heterocycles. The van der Waals surface area contributed by atoms with E-state index in [2.05, 4.69) is 20.2 Å². The van der Waals surface area contributed by atoms with Gasteiger partial charge in [-0.15, -0.1) is 11.3 Å². The van der Waals surface area contributed by atoms with Gasteiger partial charge >= 0.3 is 0 Å². The first kappa shape index (κ1) is 15.0. The van der Waals surface area contributed by atoms with Crippen molar-refractivity contribution in [2.24, 2.45) is 0 Å². The number of nitrogens with one attached hydrogen (secondary N) is 1. The number of fused-ring (bicyclic) bond motifs is 3. The summed E-state index contributed by atoms with van der Waals surface area (Å²) in [6.07, 6.45) is 1.11. The molecule has 3 N–H and O–H groups in total. The highest BCUT2D eigenvalue weighted by atomic mass is 32.1. The Hall–Kier alpha value is -1.54. The normalized spacial score (nSPS) is 21.2. The number of nitrogen functional groups attached to an aromatic ring is 1. The van der Waals surface area contributed by atoms with E-state index in [9.17, 15) is 8.78 Å². The van der Waals surface area contributed by atoms with E-state index >= 15 is 0 Å². The molecule has 0 atom stereocenters. The van der Waals surface area contributed by atoms with Gasteiger partial charge in [-0.25, -0.2) is 13.8 Å². The number of aromatic nitrogens is 2. The zero-order valence-electron chi connectivity index (χ0n) is 12.7. The van der Waals surface area contributed by atoms with Gasteiger partial charge in [-0.1, -0.05) is 0 Å². The minimum atomic E-state index is -2.65. The molecule has 0 spiro atoms. The van der Waals surface area contributed by atoms with Crippen molar-refractivity contribution in [2.75, 3.05) is 36.8 Å². The van der Waals surface area contributed by atoms with E-state index in [1.165, 1.54) is 0 Å². The van der Waals surface area contributed by atoms with Gasteiger partial charge in [0.2, 0.25) is 5.95 Å². The number of aryl methyl sites for hydroxylation is 1. The molecule has 1 fully saturated rings. The molecule has 1 aliphatic heterocycles. The third-order valence-corrected chi connectivity index (χ3v) is 5.78. The molecule has 0 unspecified atom stereocenters. The lowest BCUT2D eigenvalue weighted by molar-refractivity contribution is -0.0113. The Kier molecular flexibility index (Phi) is 3.60. The predicted molar refractivity (Wildman–Crippen MR) is 88.5 cm³/mol. The van der Waals surface area contributed by atoms with E-state index in [1.807, 2.05) is 0 Å². The van der Waals surface area contributed by atoms with Gasteiger partial charge in [0.25, 0.3) is 5.92 Å². The number of thiophene rings is 1. The summed E-state index contributed by atoms with van der Waals surface area (Å²) in [5.74, 6) is -1.67. The summed E-state index contributed by atoms with van der Waals surface area (Å²) in [5, 5.41) is 3.36. The summed E-state index contributed by atoms with van der Waals surface area (Å²) in [6.45, 7) is 3.59. The van der Waals surface area contributed by atoms with Crippen LogP contribution in [0.2, 0.25) is 0 Å². The Morgan fingerprint density at radius 3 is 2.96 bits per heavy atom. The predicted octanol–water partition coefficient (Wildman–Crippen LogP) is 2.20. The molecule has 1 aliphatic carbocycles. The lowest BCUT2D eigenvalue weighted by atomic mass is 9.95. The second-order valence-electron chi connectivity index (χ2n) is 6.21. The third kappa shape index (κ3) is 2.74. The molecule has 5 nitrogen and oxygen atoms in total. The molecule has 0 aromatic carbocycles. The highest BCUT2D eigenvalue weighted by molar-refractivity contribution is 7.19. The van der Waals surface area contributed by atoms with Crippen LogP contribution in [0.1, 0.15) is 23.3 Å². The van der Waals surface area contributed by atoms with Gasteiger partial charge in [0.05, 0.1) is 10.2 Å². The van der Waals surface area contributed by atoms with Crippen molar-refractivity contribution < 1.29 is 8.78 Å². The quantitative estimate of drug-likeness (QED) is 0.834. The van der Waals surface area contributed by atoms with E-state index in [4.69, 9.17) is 5.73 Å². The van der Waals surface area contributed by atoms with E-state index in [0.29, 0.717) is 17.5 Å². The van der Waals surface area contributed by atoms with E-state index < -0.39 is 5.92 Å². The fourth-order valence-electron chi connectivity index (χ4n) is 3.37. The van der Waals surface area contributed by atoms with Crippen LogP contribution in [-0.2, 0) is 12.8 Å². The molecule has 0 saturated carbocycles. The maximum atomic E-state index is 13.8. The van der Waals surface area contributed by atoms with Crippen LogP contribution in [0.15, 0.2) is 0 Å². The van der Waals surface area contributed by atoms with Crippen LogP contribution < -0.4 is 16.0 Å². The number of halogens is 2. The van der Waals surface area contributed by atoms with Crippen molar-refractivity contribution in [2.45, 2.75) is 31.6 Å². The number of hydrogen-bond acceptors (Lipinski definition) is 6. The van der Waals surface area contributed by atoms with E-state index in [-0.39, 0.29) is 18.8 Å². The maximum Gasteiger partial charge on any atom is 0.252 e. The van der Waals surface area contributed by atoms with Crippen molar-refractivity contribution >= 4 is 33.3 Å². The number of anilines is 2. The largest absolute Gasteiger partial charge is 0.368 e. The van der Waals surface area contributed by atoms with Crippen molar-refractivity contribution in [3.8, 4) is 0 Å². The molecule has 1 saturated heterocycles. The fraction of sp³-hybridized carbons (Fsp3) is 0.600. The summed E-state index contributed by atoms with van der Waals surface area (Å²) in [5.41, 5.74) is 7.18. The van der Waals surface area contributed by atoms with Crippen molar-refractivity contribution in [3.63, 3.8) is 0 Å². The van der Waals surface area contributed by atoms with E-state index in [0.717, 1.165) is 48.0 Å². The molecule has 4 rings (SSSR count). The highest BCUT2D eigenvalue weighted by Gasteiger charge is 2.37. The van der Waals surface area contributed by atoms with Crippen LogP contribution in [0.25, 0.3) is 10.2 Å². The zero-order chi connectivity index (χ0) is 16.0. The van der Waals surface area contributed by atoms with Gasteiger partial charge in [-0.3, -0.25) is 0 Å². The molecular formula is C15H19F2N5S. The molecule has 2 aliphatic rings. The van der Waals surface area contributed by atoms with Crippen LogP contribution >= 0.6 is 11.3 Å². The minimum Gasteiger partial charge on any atom is -0.368 e. The minimum absolute atomic E-state index is 0.0846. The number of nitrogens with two attached hydrogens (primary N) is 1. The number of hydrogen-bond donors (Lipinski definition) is 2. The summed E-state index contributed by atoms with van der Waals surface area (Å²) in [6, 6.07) is 0. The molecule has 0 amide bonds. The number of rotatable bonds is 1. The van der Waals surface area contributed by atoms with Crippen LogP contribution in [0.4, 0.5) is 20.5 Å². The summed E-state index contributed by atoms with van der Waals surface area (Å²) >= 11 is 1.56. The third-order valence-electron chi connectivity index (χ3n) is 4.51. The number of alkyl halides is 2. The van der Waals surface area contributed by atoms with Crippen LogP contribution in [0.5, 0.6) is 0 Å². The standard InChI is InChI=1S/C15H19F2N5S/c16-15(17)3-2-10-9(8-15)11-12(23-10)13(21-14(18)20-11)22-6-1-4-19-5-7-22/h19H,1-8H2,(H2,18,20,21). The first-order valence-electron chi connectivity index (χ1n) is 7.95. The summed E-state index contributed by atoms with van der Waals surface area (Å²) in [4.78, 5) is 11.9. The summed E-state index contributed by atoms with van der Waals surface area (Å²) in [7, 11) is 0. The van der Waals surface area contributed by atoms with Gasteiger partial charge in [0, 0.05) is 37.4 Å². The Morgan fingerprint density at radius 1 is 1.22 bits per heavy atom. The monoisotopic (exact) mass is 339 g/mol. The molecule has 124 valence electrons. The Labute approximate surface area is 136 Å². The van der Waals surface area contributed by atoms with Crippen molar-refractivity contribution in [3.05, 3.63) is 10.4 Å². The topological polar surface area (TPSA) is 67.1 Å². The van der Waals surface area contributed by atoms with Crippen molar-refractivity contribution in [1.29, 1.82) is 0 Å². The zero-order valence-corrected chi connectivity index (χ0v) is 13.6. The fourth-order valence-corrected chi connectivity index (χ4v) is 4.64.